The van der Waals surface area contributed by atoms with E-state index in [4.69, 9.17) is 4.74 Å². The first-order valence-electron chi connectivity index (χ1n) is 6.49. The molecule has 1 heterocycles. The van der Waals surface area contributed by atoms with Crippen molar-refractivity contribution in [1.82, 2.24) is 10.3 Å². The highest BCUT2D eigenvalue weighted by atomic mass is 32.1. The second-order valence-corrected chi connectivity index (χ2v) is 5.70. The van der Waals surface area contributed by atoms with Crippen LogP contribution in [0.4, 0.5) is 0 Å². The number of benzene rings is 1. The van der Waals surface area contributed by atoms with E-state index in [9.17, 15) is 4.79 Å². The van der Waals surface area contributed by atoms with E-state index in [2.05, 4.69) is 24.1 Å². The number of hydrogen-bond donors (Lipinski definition) is 1. The summed E-state index contributed by atoms with van der Waals surface area (Å²) in [6.45, 7) is 4.77. The van der Waals surface area contributed by atoms with Crippen molar-refractivity contribution in [2.75, 3.05) is 13.7 Å². The highest BCUT2D eigenvalue weighted by molar-refractivity contribution is 7.13. The van der Waals surface area contributed by atoms with Gasteiger partial charge in [-0.3, -0.25) is 4.79 Å². The quantitative estimate of drug-likeness (QED) is 0.920. The van der Waals surface area contributed by atoms with Crippen LogP contribution in [-0.4, -0.2) is 24.5 Å². The molecule has 20 heavy (non-hydrogen) atoms. The molecule has 0 aliphatic heterocycles. The molecule has 5 heteroatoms. The van der Waals surface area contributed by atoms with Gasteiger partial charge in [0, 0.05) is 11.9 Å². The summed E-state index contributed by atoms with van der Waals surface area (Å²) in [7, 11) is 1.63. The summed E-state index contributed by atoms with van der Waals surface area (Å²) >= 11 is 1.44. The van der Waals surface area contributed by atoms with Crippen molar-refractivity contribution in [2.24, 2.45) is 5.92 Å². The average molecular weight is 290 g/mol. The minimum atomic E-state index is -0.129. The van der Waals surface area contributed by atoms with Crippen molar-refractivity contribution in [1.29, 1.82) is 0 Å². The van der Waals surface area contributed by atoms with Crippen LogP contribution in [0.25, 0.3) is 10.6 Å². The number of hydrogen-bond acceptors (Lipinski definition) is 4. The molecule has 2 aromatic rings. The summed E-state index contributed by atoms with van der Waals surface area (Å²) in [5.41, 5.74) is 1.36. The highest BCUT2D eigenvalue weighted by Gasteiger charge is 2.14. The smallest absolute Gasteiger partial charge is 0.270 e. The van der Waals surface area contributed by atoms with E-state index in [0.29, 0.717) is 18.2 Å². The van der Waals surface area contributed by atoms with Crippen molar-refractivity contribution in [3.05, 3.63) is 35.3 Å². The summed E-state index contributed by atoms with van der Waals surface area (Å²) < 4.78 is 5.31. The monoisotopic (exact) mass is 290 g/mol. The van der Waals surface area contributed by atoms with Gasteiger partial charge in [-0.2, -0.15) is 0 Å². The molecule has 2 rings (SSSR count). The first kappa shape index (κ1) is 14.5. The Morgan fingerprint density at radius 1 is 1.40 bits per heavy atom. The number of para-hydroxylation sites is 1. The topological polar surface area (TPSA) is 51.2 Å². The molecule has 0 saturated carbocycles. The lowest BCUT2D eigenvalue weighted by Gasteiger charge is -2.06. The van der Waals surface area contributed by atoms with Gasteiger partial charge in [-0.25, -0.2) is 4.98 Å². The molecule has 0 aliphatic rings. The Balaban J connectivity index is 2.18. The van der Waals surface area contributed by atoms with Crippen LogP contribution >= 0.6 is 11.3 Å². The van der Waals surface area contributed by atoms with E-state index in [0.717, 1.165) is 16.3 Å². The zero-order chi connectivity index (χ0) is 14.5. The van der Waals surface area contributed by atoms with E-state index in [1.807, 2.05) is 24.3 Å². The number of carbonyl (C=O) groups is 1. The molecular formula is C15H18N2O2S. The fourth-order valence-electron chi connectivity index (χ4n) is 1.71. The van der Waals surface area contributed by atoms with Crippen molar-refractivity contribution in [2.45, 2.75) is 13.8 Å². The molecule has 1 amide bonds. The number of aromatic nitrogens is 1. The predicted octanol–water partition coefficient (Wildman–Crippen LogP) is 3.20. The SMILES string of the molecule is COc1ccccc1-c1nc(C(=O)NCC(C)C)cs1. The Hall–Kier alpha value is -1.88. The Morgan fingerprint density at radius 3 is 2.85 bits per heavy atom. The number of ether oxygens (including phenoxy) is 1. The van der Waals surface area contributed by atoms with E-state index in [1.165, 1.54) is 11.3 Å². The zero-order valence-electron chi connectivity index (χ0n) is 11.8. The second kappa shape index (κ2) is 6.52. The summed E-state index contributed by atoms with van der Waals surface area (Å²) in [5, 5.41) is 5.43. The molecular weight excluding hydrogens is 272 g/mol. The van der Waals surface area contributed by atoms with Gasteiger partial charge in [0.2, 0.25) is 0 Å². The van der Waals surface area contributed by atoms with Crippen LogP contribution in [0.1, 0.15) is 24.3 Å². The Labute approximate surface area is 122 Å². The second-order valence-electron chi connectivity index (χ2n) is 4.84. The third-order valence-electron chi connectivity index (χ3n) is 2.75. The fraction of sp³-hybridized carbons (Fsp3) is 0.333. The number of nitrogens with zero attached hydrogens (tertiary/aromatic N) is 1. The first-order valence-corrected chi connectivity index (χ1v) is 7.37. The van der Waals surface area contributed by atoms with Gasteiger partial charge in [0.25, 0.3) is 5.91 Å². The molecule has 0 saturated heterocycles. The lowest BCUT2D eigenvalue weighted by molar-refractivity contribution is 0.0945. The molecule has 106 valence electrons. The largest absolute Gasteiger partial charge is 0.496 e. The van der Waals surface area contributed by atoms with Crippen molar-refractivity contribution in [3.8, 4) is 16.3 Å². The molecule has 0 spiro atoms. The van der Waals surface area contributed by atoms with Crippen LogP contribution in [0, 0.1) is 5.92 Å². The summed E-state index contributed by atoms with van der Waals surface area (Å²) in [5.74, 6) is 1.05. The van der Waals surface area contributed by atoms with Crippen molar-refractivity contribution >= 4 is 17.2 Å². The van der Waals surface area contributed by atoms with Gasteiger partial charge in [0.05, 0.1) is 12.7 Å². The van der Waals surface area contributed by atoms with Crippen molar-refractivity contribution < 1.29 is 9.53 Å². The summed E-state index contributed by atoms with van der Waals surface area (Å²) in [4.78, 5) is 16.3. The maximum absolute atomic E-state index is 12.0. The van der Waals surface area contributed by atoms with Gasteiger partial charge in [0.1, 0.15) is 16.5 Å². The van der Waals surface area contributed by atoms with Gasteiger partial charge in [0.15, 0.2) is 0 Å². The summed E-state index contributed by atoms with van der Waals surface area (Å²) in [6.07, 6.45) is 0. The summed E-state index contributed by atoms with van der Waals surface area (Å²) in [6, 6.07) is 7.66. The van der Waals surface area contributed by atoms with Gasteiger partial charge in [-0.05, 0) is 18.1 Å². The standard InChI is InChI=1S/C15H18N2O2S/c1-10(2)8-16-14(18)12-9-20-15(17-12)11-6-4-5-7-13(11)19-3/h4-7,9-10H,8H2,1-3H3,(H,16,18). The van der Waals surface area contributed by atoms with Gasteiger partial charge in [-0.1, -0.05) is 26.0 Å². The molecule has 0 fully saturated rings. The zero-order valence-corrected chi connectivity index (χ0v) is 12.7. The first-order chi connectivity index (χ1) is 9.61. The fourth-order valence-corrected chi connectivity index (χ4v) is 2.54. The average Bonchev–Trinajstić information content (AvgIpc) is 2.94. The van der Waals surface area contributed by atoms with Crippen LogP contribution in [-0.2, 0) is 0 Å². The number of amides is 1. The molecule has 1 N–H and O–H groups in total. The van der Waals surface area contributed by atoms with E-state index in [1.54, 1.807) is 12.5 Å². The van der Waals surface area contributed by atoms with Crippen molar-refractivity contribution in [3.63, 3.8) is 0 Å². The Bertz CT molecular complexity index is 593. The van der Waals surface area contributed by atoms with Crippen LogP contribution in [0.3, 0.4) is 0 Å². The van der Waals surface area contributed by atoms with Crippen LogP contribution in [0.15, 0.2) is 29.6 Å². The molecule has 1 aromatic carbocycles. The highest BCUT2D eigenvalue weighted by Crippen LogP contribution is 2.31. The third-order valence-corrected chi connectivity index (χ3v) is 3.62. The van der Waals surface area contributed by atoms with E-state index >= 15 is 0 Å². The third kappa shape index (κ3) is 3.36. The van der Waals surface area contributed by atoms with Crippen LogP contribution in [0.5, 0.6) is 5.75 Å². The van der Waals surface area contributed by atoms with Gasteiger partial charge < -0.3 is 10.1 Å². The van der Waals surface area contributed by atoms with E-state index < -0.39 is 0 Å². The minimum absolute atomic E-state index is 0.129. The lowest BCUT2D eigenvalue weighted by Crippen LogP contribution is -2.27. The maximum Gasteiger partial charge on any atom is 0.270 e. The van der Waals surface area contributed by atoms with Gasteiger partial charge in [-0.15, -0.1) is 11.3 Å². The maximum atomic E-state index is 12.0. The molecule has 0 radical (unpaired) electrons. The number of carbonyl (C=O) groups excluding carboxylic acids is 1. The minimum Gasteiger partial charge on any atom is -0.496 e. The lowest BCUT2D eigenvalue weighted by atomic mass is 10.2. The number of rotatable bonds is 5. The molecule has 0 unspecified atom stereocenters. The van der Waals surface area contributed by atoms with Crippen LogP contribution in [0.2, 0.25) is 0 Å². The molecule has 4 nitrogen and oxygen atoms in total. The number of thiazole rings is 1. The predicted molar refractivity (Wildman–Crippen MR) is 81.3 cm³/mol. The molecule has 0 aliphatic carbocycles. The molecule has 0 atom stereocenters. The number of nitrogens with one attached hydrogen (secondary N) is 1. The van der Waals surface area contributed by atoms with Gasteiger partial charge >= 0.3 is 0 Å². The molecule has 1 aromatic heterocycles. The number of methoxy groups -OCH3 is 1. The molecule has 0 bridgehead atoms. The van der Waals surface area contributed by atoms with E-state index in [-0.39, 0.29) is 5.91 Å². The van der Waals surface area contributed by atoms with Crippen LogP contribution < -0.4 is 10.1 Å². The Kier molecular flexibility index (Phi) is 4.74. The Morgan fingerprint density at radius 2 is 2.15 bits per heavy atom. The normalized spacial score (nSPS) is 10.6.